The molecule has 28 heteroatoms. The number of quaternary nitrogens is 2. The third-order valence-corrected chi connectivity index (χ3v) is 53.8. The highest BCUT2D eigenvalue weighted by atomic mass is 35.6. The third kappa shape index (κ3) is 78.4. The smallest absolute Gasteiger partial charge is 0.268 e. The summed E-state index contributed by atoms with van der Waals surface area (Å²) in [5.41, 5.74) is 0. The lowest BCUT2D eigenvalue weighted by Gasteiger charge is -2.39. The van der Waals surface area contributed by atoms with Gasteiger partial charge in [-0.1, -0.05) is 201 Å². The highest BCUT2D eigenvalue weighted by molar-refractivity contribution is 7.46. The summed E-state index contributed by atoms with van der Waals surface area (Å²) in [6.07, 6.45) is 25.3. The van der Waals surface area contributed by atoms with Crippen molar-refractivity contribution in [3.05, 3.63) is 37.5 Å². The van der Waals surface area contributed by atoms with Gasteiger partial charge in [0.2, 0.25) is 0 Å². The number of hydrogen-bond acceptors (Lipinski definition) is 17. The fraction of sp³-hybridized carbons (Fsp3) is 0.935. The molecule has 0 saturated carbocycles. The van der Waals surface area contributed by atoms with E-state index in [2.05, 4.69) is 263 Å². The Balaban J connectivity index is -0.000000259. The van der Waals surface area contributed by atoms with Crippen molar-refractivity contribution in [3.63, 3.8) is 0 Å². The number of phosphoric ester groups is 2. The van der Waals surface area contributed by atoms with Gasteiger partial charge in [0.05, 0.1) is 72.8 Å². The zero-order valence-corrected chi connectivity index (χ0v) is 96.2. The Morgan fingerprint density at radius 1 is 0.375 bits per heavy atom. The summed E-state index contributed by atoms with van der Waals surface area (Å²) in [4.78, 5) is 23.7. The van der Waals surface area contributed by atoms with E-state index in [1.54, 1.807) is 40.7 Å². The molecule has 120 heavy (non-hydrogen) atoms. The van der Waals surface area contributed by atoms with Gasteiger partial charge in [-0.05, 0) is 242 Å². The monoisotopic (exact) mass is 1880 g/mol. The van der Waals surface area contributed by atoms with E-state index in [0.717, 1.165) is 58.2 Å². The second kappa shape index (κ2) is 62.1. The number of halogens is 1. The molecule has 1 heterocycles. The molecule has 19 nitrogen and oxygen atoms in total. The Morgan fingerprint density at radius 3 is 0.767 bits per heavy atom. The summed E-state index contributed by atoms with van der Waals surface area (Å²) < 4.78 is 81.5. The molecular weight excluding hydrogens is 1670 g/mol. The molecule has 728 valence electrons. The number of likely N-dealkylation sites (N-methyl/N-ethyl adjacent to an activating group) is 2. The molecule has 1 aliphatic heterocycles. The highest BCUT2D eigenvalue weighted by Crippen LogP contribution is 2.45. The molecule has 0 spiro atoms. The Hall–Kier alpha value is 0.591. The fourth-order valence-electron chi connectivity index (χ4n) is 9.29. The van der Waals surface area contributed by atoms with Gasteiger partial charge in [-0.2, -0.15) is 11.1 Å². The molecule has 0 aromatic carbocycles. The van der Waals surface area contributed by atoms with Crippen molar-refractivity contribution in [3.8, 4) is 0 Å². The molecule has 1 saturated heterocycles. The van der Waals surface area contributed by atoms with Crippen LogP contribution in [-0.4, -0.2) is 216 Å². The van der Waals surface area contributed by atoms with Crippen LogP contribution in [0.2, 0.25) is 109 Å². The van der Waals surface area contributed by atoms with Crippen LogP contribution < -0.4 is 9.79 Å². The summed E-state index contributed by atoms with van der Waals surface area (Å²) >= 11 is 6.15. The molecular formula is C92H207ClN2O17P2Si6. The van der Waals surface area contributed by atoms with Gasteiger partial charge in [-0.25, -0.2) is 0 Å². The second-order valence-corrected chi connectivity index (χ2v) is 79.1. The Kier molecular flexibility index (Phi) is 69.2. The third-order valence-electron chi connectivity index (χ3n) is 23.3. The Labute approximate surface area is 757 Å². The SMILES string of the molecule is C1CCOC1.C=CC[C@@H](C)O.C=CC[C@@H](C)O[Si](C)(C)C(C)(C)C.CC(C)(C)[Si](C)(C)Cl.C[C@H](C/C=C/C[C@H](C)O[Si](C)(C)C(C)(C)C)O[Si](C)(C)C(C)(C)C.C[C@H](CCCC[C@H](C)OP(=O)([O-])OCC[N+](C)(C)C)OP(=O)([O-])OCC[N+](C)(C)C.C[C@H](CCCC[C@H](C)O[Si](C)(C)C(C)(C)C)O[Si](C)(C)C(C)(C)C.C[C@H](O)CCCC[C@@H](C)O. The second-order valence-electron chi connectivity index (χ2n) is 45.3. The number of unbranched alkanes of at least 4 members (excludes halogenated alkanes) is 3. The van der Waals surface area contributed by atoms with Gasteiger partial charge in [0.15, 0.2) is 49.0 Å². The number of aliphatic hydroxyl groups is 3. The van der Waals surface area contributed by atoms with Crippen molar-refractivity contribution in [2.75, 3.05) is 81.8 Å². The fourth-order valence-corrected chi connectivity index (χ4v) is 18.4. The molecule has 1 fully saturated rings. The van der Waals surface area contributed by atoms with Crippen LogP contribution >= 0.6 is 26.7 Å². The summed E-state index contributed by atoms with van der Waals surface area (Å²) in [7, 11) is -6.52. The maximum Gasteiger partial charge on any atom is 0.268 e. The van der Waals surface area contributed by atoms with Crippen molar-refractivity contribution in [1.29, 1.82) is 0 Å². The van der Waals surface area contributed by atoms with E-state index in [9.17, 15) is 18.9 Å². The zero-order chi connectivity index (χ0) is 96.6. The van der Waals surface area contributed by atoms with Gasteiger partial charge < -0.3 is 79.0 Å². The minimum atomic E-state index is -4.33. The molecule has 0 bridgehead atoms. The van der Waals surface area contributed by atoms with Crippen LogP contribution in [0.5, 0.6) is 0 Å². The average molecular weight is 1880 g/mol. The van der Waals surface area contributed by atoms with E-state index in [0.29, 0.717) is 105 Å². The largest absolute Gasteiger partial charge is 0.756 e. The number of aliphatic hydroxyl groups excluding tert-OH is 3. The minimum Gasteiger partial charge on any atom is -0.756 e. The zero-order valence-electron chi connectivity index (χ0n) is 87.7. The van der Waals surface area contributed by atoms with Crippen molar-refractivity contribution in [2.45, 2.75) is 479 Å². The molecule has 0 aromatic heterocycles. The van der Waals surface area contributed by atoms with E-state index in [1.807, 2.05) is 48.4 Å². The van der Waals surface area contributed by atoms with Crippen LogP contribution in [0.3, 0.4) is 0 Å². The van der Waals surface area contributed by atoms with E-state index in [1.165, 1.54) is 38.5 Å². The number of rotatable bonds is 45. The number of hydrogen-bond donors (Lipinski definition) is 3. The first kappa shape index (κ1) is 134. The first-order valence-corrected chi connectivity index (χ1v) is 67.2. The average Bonchev–Trinajstić information content (AvgIpc) is 1.37. The van der Waals surface area contributed by atoms with Gasteiger partial charge in [0.25, 0.3) is 15.6 Å². The van der Waals surface area contributed by atoms with Gasteiger partial charge in [0.1, 0.15) is 26.3 Å². The molecule has 0 aliphatic carbocycles. The van der Waals surface area contributed by atoms with Crippen molar-refractivity contribution >= 4 is 75.7 Å². The van der Waals surface area contributed by atoms with Crippen LogP contribution in [0.4, 0.5) is 0 Å². The van der Waals surface area contributed by atoms with Crippen LogP contribution in [0.25, 0.3) is 0 Å². The number of nitrogens with zero attached hydrogens (tertiary/aromatic N) is 2. The lowest BCUT2D eigenvalue weighted by atomic mass is 10.1. The Bertz CT molecular complexity index is 2530. The van der Waals surface area contributed by atoms with Gasteiger partial charge in [-0.3, -0.25) is 9.13 Å². The first-order valence-electron chi connectivity index (χ1n) is 45.7. The molecule has 0 aromatic rings. The van der Waals surface area contributed by atoms with E-state index >= 15 is 0 Å². The summed E-state index contributed by atoms with van der Waals surface area (Å²) in [5, 5.41) is 28.0. The molecule has 2 unspecified atom stereocenters. The van der Waals surface area contributed by atoms with Crippen LogP contribution in [-0.2, 0) is 54.1 Å². The number of phosphoric acid groups is 2. The maximum absolute atomic E-state index is 11.8. The Morgan fingerprint density at radius 2 is 0.592 bits per heavy atom. The van der Waals surface area contributed by atoms with Gasteiger partial charge >= 0.3 is 0 Å². The van der Waals surface area contributed by atoms with Gasteiger partial charge in [0, 0.05) is 43.7 Å². The molecule has 0 radical (unpaired) electrons. The van der Waals surface area contributed by atoms with E-state index in [-0.39, 0.29) is 41.6 Å². The predicted octanol–water partition coefficient (Wildman–Crippen LogP) is 26.5. The normalized spacial score (nSPS) is 17.4. The standard InChI is InChI=1S/C20H46O2Si2.C20H44O2Si2.C18H42N2O8P2.C11H24OSi.C8H18O2.C6H15ClSi.C5H10O.C4H8O/c2*1-17(21-23(9,10)19(3,4)5)15-13-14-16-18(2)22-24(11,12)20(6,7)8;1-17(27-29(21,22)25-15-13-19(3,4)5)11-9-10-12-18(2)28-30(23,24)26-16-14-20(6,7)8;1-8-9-10(2)12-13(6,7)11(3,4)5;1-7(9)5-3-4-6-8(2)10;1-6(2,3)8(4,5)7;1-3-4-5(2)6;1-2-4-5-3-1/h17-18H,13-16H2,1-12H3;13-14,17-18H,15-16H2,1-12H3;17-18H,9-16H2,1-8H3;8,10H,1,9H2,2-7H3;7-10H,3-6H2,1-2H3;1-5H3;3,5-6H,1,4H2,2H3;1-4H2/b;14-13+;;;;;;/t3*17-,18+;10-;7-,8+;;5-;/m...1..1./s1. The minimum absolute atomic E-state index is 0.0674. The van der Waals surface area contributed by atoms with E-state index in [4.69, 9.17) is 71.4 Å². The summed E-state index contributed by atoms with van der Waals surface area (Å²) in [6, 6.07) is 0. The van der Waals surface area contributed by atoms with Gasteiger partial charge in [-0.15, -0.1) is 13.2 Å². The van der Waals surface area contributed by atoms with Crippen LogP contribution in [0, 0.1) is 0 Å². The van der Waals surface area contributed by atoms with Crippen molar-refractivity contribution in [2.24, 2.45) is 0 Å². The molecule has 1 aliphatic rings. The predicted molar refractivity (Wildman–Crippen MR) is 534 cm³/mol. The molecule has 12 atom stereocenters. The van der Waals surface area contributed by atoms with Crippen molar-refractivity contribution < 1.29 is 88.2 Å². The summed E-state index contributed by atoms with van der Waals surface area (Å²) in [5.74, 6) is 0. The topological polar surface area (TPSA) is 233 Å². The quantitative estimate of drug-likeness (QED) is 0.0128. The number of ether oxygens (including phenoxy) is 1. The summed E-state index contributed by atoms with van der Waals surface area (Å²) in [6.45, 7) is 98.7. The lowest BCUT2D eigenvalue weighted by molar-refractivity contribution is -0.870. The van der Waals surface area contributed by atoms with Crippen LogP contribution in [0.15, 0.2) is 37.5 Å². The van der Waals surface area contributed by atoms with Crippen molar-refractivity contribution in [1.82, 2.24) is 0 Å². The lowest BCUT2D eigenvalue weighted by Crippen LogP contribution is -2.43. The highest BCUT2D eigenvalue weighted by Gasteiger charge is 2.42. The molecule has 0 amide bonds. The maximum atomic E-state index is 11.8. The first-order chi connectivity index (χ1) is 53.2. The van der Waals surface area contributed by atoms with E-state index < -0.39 is 76.8 Å². The molecule has 1 rings (SSSR count). The molecule has 3 N–H and O–H groups in total. The van der Waals surface area contributed by atoms with Crippen LogP contribution in [0.1, 0.15) is 309 Å².